The first kappa shape index (κ1) is 20.0. The summed E-state index contributed by atoms with van der Waals surface area (Å²) in [5.74, 6) is 0.805. The van der Waals surface area contributed by atoms with Crippen LogP contribution in [0, 0.1) is 0 Å². The maximum absolute atomic E-state index is 12.1. The molecule has 134 valence electrons. The van der Waals surface area contributed by atoms with Crippen LogP contribution in [0.3, 0.4) is 0 Å². The van der Waals surface area contributed by atoms with Crippen molar-refractivity contribution >= 4 is 23.2 Å². The molecule has 0 saturated heterocycles. The molecule has 0 heterocycles. The van der Waals surface area contributed by atoms with E-state index in [4.69, 9.17) is 21.7 Å². The van der Waals surface area contributed by atoms with Crippen LogP contribution in [-0.4, -0.2) is 51.9 Å². The summed E-state index contributed by atoms with van der Waals surface area (Å²) in [5, 5.41) is 3.43. The molecule has 4 N–H and O–H groups in total. The van der Waals surface area contributed by atoms with Gasteiger partial charge in [-0.1, -0.05) is 0 Å². The lowest BCUT2D eigenvalue weighted by atomic mass is 10.2. The zero-order chi connectivity index (χ0) is 17.9. The van der Waals surface area contributed by atoms with Gasteiger partial charge in [0.25, 0.3) is 5.91 Å². The molecule has 0 saturated carbocycles. The molecule has 0 aliphatic heterocycles. The predicted octanol–water partition coefficient (Wildman–Crippen LogP) is -0.263. The maximum atomic E-state index is 12.1. The molecule has 24 heavy (non-hydrogen) atoms. The Morgan fingerprint density at radius 3 is 2.62 bits per heavy atom. The van der Waals surface area contributed by atoms with E-state index in [0.29, 0.717) is 28.8 Å². The topological polar surface area (TPSA) is 76.1 Å². The third kappa shape index (κ3) is 7.01. The van der Waals surface area contributed by atoms with Crippen LogP contribution in [-0.2, 0) is 0 Å². The fraction of sp³-hybridized carbons (Fsp3) is 0.500. The Bertz CT molecular complexity index is 552. The van der Waals surface area contributed by atoms with E-state index < -0.39 is 0 Å². The number of amides is 1. The molecule has 1 rings (SSSR count). The van der Waals surface area contributed by atoms with Crippen LogP contribution < -0.4 is 30.5 Å². The molecule has 0 aromatic heterocycles. The highest BCUT2D eigenvalue weighted by molar-refractivity contribution is 7.80. The van der Waals surface area contributed by atoms with E-state index >= 15 is 0 Å². The summed E-state index contributed by atoms with van der Waals surface area (Å²) >= 11 is 5.12. The number of benzene rings is 1. The molecule has 0 radical (unpaired) electrons. The summed E-state index contributed by atoms with van der Waals surface area (Å²) in [4.78, 5) is 13.5. The summed E-state index contributed by atoms with van der Waals surface area (Å²) in [7, 11) is 5.73. The van der Waals surface area contributed by atoms with E-state index in [-0.39, 0.29) is 5.91 Å². The quantitative estimate of drug-likeness (QED) is 0.292. The second kappa shape index (κ2) is 10.7. The fourth-order valence-corrected chi connectivity index (χ4v) is 2.11. The minimum absolute atomic E-state index is 0.307. The Morgan fingerprint density at radius 2 is 2.00 bits per heavy atom. The van der Waals surface area contributed by atoms with E-state index in [1.807, 2.05) is 6.92 Å². The fourth-order valence-electron chi connectivity index (χ4n) is 1.96. The van der Waals surface area contributed by atoms with Gasteiger partial charge in [-0.05, 0) is 37.3 Å². The smallest absolute Gasteiger partial charge is 0.269 e. The minimum Gasteiger partial charge on any atom is -0.493 e. The van der Waals surface area contributed by atoms with Crippen LogP contribution in [0.5, 0.6) is 11.5 Å². The van der Waals surface area contributed by atoms with Gasteiger partial charge in [-0.15, -0.1) is 0 Å². The number of methoxy groups -OCH3 is 1. The van der Waals surface area contributed by atoms with Crippen molar-refractivity contribution in [1.29, 1.82) is 0 Å². The summed E-state index contributed by atoms with van der Waals surface area (Å²) < 4.78 is 10.7. The first-order chi connectivity index (χ1) is 11.5. The maximum Gasteiger partial charge on any atom is 0.269 e. The number of hydrogen-bond acceptors (Lipinski definition) is 4. The summed E-state index contributed by atoms with van der Waals surface area (Å²) in [6.45, 7) is 4.22. The third-order valence-corrected chi connectivity index (χ3v) is 3.40. The van der Waals surface area contributed by atoms with E-state index in [1.54, 1.807) is 18.2 Å². The van der Waals surface area contributed by atoms with Crippen LogP contribution in [0.25, 0.3) is 0 Å². The molecule has 1 aromatic rings. The molecule has 1 aromatic carbocycles. The monoisotopic (exact) mass is 355 g/mol. The van der Waals surface area contributed by atoms with Crippen molar-refractivity contribution in [2.45, 2.75) is 13.3 Å². The van der Waals surface area contributed by atoms with Gasteiger partial charge < -0.3 is 19.7 Å². The Hall–Kier alpha value is -2.06. The van der Waals surface area contributed by atoms with Crippen molar-refractivity contribution < 1.29 is 19.2 Å². The van der Waals surface area contributed by atoms with Gasteiger partial charge in [0.1, 0.15) is 0 Å². The van der Waals surface area contributed by atoms with Crippen LogP contribution in [0.15, 0.2) is 18.2 Å². The standard InChI is InChI=1S/C16H26N4O3S/c1-5-23-13-8-7-12(11-14(13)22-4)15(21)18-19-16(24)17-9-6-10-20(2)3/h7-8,11H,5-6,9-10H2,1-4H3,(H,18,21)(H2,17,19,24)/p+1. The van der Waals surface area contributed by atoms with E-state index in [2.05, 4.69) is 30.3 Å². The second-order valence-corrected chi connectivity index (χ2v) is 5.85. The molecular formula is C16H27N4O3S+. The largest absolute Gasteiger partial charge is 0.493 e. The van der Waals surface area contributed by atoms with E-state index in [9.17, 15) is 4.79 Å². The molecule has 0 bridgehead atoms. The molecule has 0 aliphatic rings. The van der Waals surface area contributed by atoms with Crippen molar-refractivity contribution in [3.05, 3.63) is 23.8 Å². The SMILES string of the molecule is CCOc1ccc(C(=O)NNC(=S)NCCC[NH+](C)C)cc1OC. The number of ether oxygens (including phenoxy) is 2. The van der Waals surface area contributed by atoms with Crippen molar-refractivity contribution in [3.8, 4) is 11.5 Å². The second-order valence-electron chi connectivity index (χ2n) is 5.44. The highest BCUT2D eigenvalue weighted by Gasteiger charge is 2.11. The number of hydrazine groups is 1. The van der Waals surface area contributed by atoms with Crippen LogP contribution in [0.4, 0.5) is 0 Å². The van der Waals surface area contributed by atoms with Gasteiger partial charge in [-0.2, -0.15) is 0 Å². The molecule has 0 aliphatic carbocycles. The normalized spacial score (nSPS) is 10.2. The van der Waals surface area contributed by atoms with Gasteiger partial charge in [0, 0.05) is 18.5 Å². The Kier molecular flexibility index (Phi) is 8.88. The van der Waals surface area contributed by atoms with Gasteiger partial charge >= 0.3 is 0 Å². The van der Waals surface area contributed by atoms with Crippen LogP contribution in [0.1, 0.15) is 23.7 Å². The van der Waals surface area contributed by atoms with Crippen molar-refractivity contribution in [2.24, 2.45) is 0 Å². The average molecular weight is 355 g/mol. The summed E-state index contributed by atoms with van der Waals surface area (Å²) in [6, 6.07) is 5.00. The number of carbonyl (C=O) groups is 1. The average Bonchev–Trinajstić information content (AvgIpc) is 2.57. The number of nitrogens with one attached hydrogen (secondary N) is 4. The zero-order valence-corrected chi connectivity index (χ0v) is 15.5. The van der Waals surface area contributed by atoms with E-state index in [0.717, 1.165) is 19.5 Å². The number of hydrogen-bond donors (Lipinski definition) is 4. The molecule has 0 atom stereocenters. The third-order valence-electron chi connectivity index (χ3n) is 3.15. The highest BCUT2D eigenvalue weighted by atomic mass is 32.1. The molecule has 0 unspecified atom stereocenters. The number of thiocarbonyl (C=S) groups is 1. The van der Waals surface area contributed by atoms with Gasteiger partial charge in [0.15, 0.2) is 16.6 Å². The lowest BCUT2D eigenvalue weighted by Gasteiger charge is -2.13. The van der Waals surface area contributed by atoms with Crippen molar-refractivity contribution in [1.82, 2.24) is 16.2 Å². The highest BCUT2D eigenvalue weighted by Crippen LogP contribution is 2.27. The number of rotatable bonds is 8. The molecule has 0 spiro atoms. The first-order valence-electron chi connectivity index (χ1n) is 7.92. The first-order valence-corrected chi connectivity index (χ1v) is 8.32. The number of quaternary nitrogens is 1. The lowest BCUT2D eigenvalue weighted by Crippen LogP contribution is -3.05. The molecule has 7 nitrogen and oxygen atoms in total. The summed E-state index contributed by atoms with van der Waals surface area (Å²) in [6.07, 6.45) is 0.994. The van der Waals surface area contributed by atoms with Crippen LogP contribution >= 0.6 is 12.2 Å². The Labute approximate surface area is 148 Å². The van der Waals surface area contributed by atoms with Crippen molar-refractivity contribution in [3.63, 3.8) is 0 Å². The number of carbonyl (C=O) groups excluding carboxylic acids is 1. The molecule has 1 amide bonds. The molecule has 8 heteroatoms. The summed E-state index contributed by atoms with van der Waals surface area (Å²) in [5.41, 5.74) is 5.69. The van der Waals surface area contributed by atoms with Gasteiger partial charge in [-0.3, -0.25) is 15.6 Å². The molecule has 0 fully saturated rings. The zero-order valence-electron chi connectivity index (χ0n) is 14.7. The van der Waals surface area contributed by atoms with Crippen molar-refractivity contribution in [2.75, 3.05) is 40.9 Å². The molecular weight excluding hydrogens is 328 g/mol. The Balaban J connectivity index is 2.46. The Morgan fingerprint density at radius 1 is 1.25 bits per heavy atom. The van der Waals surface area contributed by atoms with Gasteiger partial charge in [0.2, 0.25) is 0 Å². The van der Waals surface area contributed by atoms with Gasteiger partial charge in [-0.25, -0.2) is 0 Å². The van der Waals surface area contributed by atoms with Gasteiger partial charge in [0.05, 0.1) is 34.4 Å². The van der Waals surface area contributed by atoms with E-state index in [1.165, 1.54) is 12.0 Å². The van der Waals surface area contributed by atoms with Crippen LogP contribution in [0.2, 0.25) is 0 Å². The lowest BCUT2D eigenvalue weighted by molar-refractivity contribution is -0.858. The minimum atomic E-state index is -0.307. The predicted molar refractivity (Wildman–Crippen MR) is 97.7 cm³/mol.